The number of rotatable bonds is 1. The Morgan fingerprint density at radius 3 is 2.44 bits per heavy atom. The molecule has 1 aliphatic rings. The van der Waals surface area contributed by atoms with Crippen LogP contribution in [0.3, 0.4) is 0 Å². The molecule has 2 atom stereocenters. The van der Waals surface area contributed by atoms with Crippen LogP contribution in [0, 0.1) is 24.2 Å². The molecule has 1 aromatic carbocycles. The zero-order valence-electron chi connectivity index (χ0n) is 10.5. The maximum Gasteiger partial charge on any atom is 0.0662 e. The Balaban J connectivity index is 2.29. The first-order valence-corrected chi connectivity index (χ1v) is 5.94. The van der Waals surface area contributed by atoms with E-state index in [1.54, 1.807) is 0 Å². The lowest BCUT2D eigenvalue weighted by atomic mass is 9.85. The summed E-state index contributed by atoms with van der Waals surface area (Å²) in [7, 11) is 0. The van der Waals surface area contributed by atoms with Crippen molar-refractivity contribution in [3.63, 3.8) is 0 Å². The smallest absolute Gasteiger partial charge is 0.0662 e. The minimum atomic E-state index is 0.210. The highest BCUT2D eigenvalue weighted by atomic mass is 14.4. The highest BCUT2D eigenvalue weighted by Crippen LogP contribution is 2.48. The molecule has 0 aliphatic heterocycles. The van der Waals surface area contributed by atoms with Crippen LogP contribution in [0.1, 0.15) is 49.8 Å². The molecule has 0 spiro atoms. The quantitative estimate of drug-likeness (QED) is 0.693. The van der Waals surface area contributed by atoms with Crippen LogP contribution >= 0.6 is 0 Å². The van der Waals surface area contributed by atoms with Crippen LogP contribution in [0.2, 0.25) is 0 Å². The van der Waals surface area contributed by atoms with Gasteiger partial charge in [0.2, 0.25) is 0 Å². The van der Waals surface area contributed by atoms with Crippen molar-refractivity contribution < 1.29 is 0 Å². The molecule has 2 rings (SSSR count). The summed E-state index contributed by atoms with van der Waals surface area (Å²) in [6, 6.07) is 9.08. The molecule has 0 amide bonds. The van der Waals surface area contributed by atoms with E-state index in [9.17, 15) is 0 Å². The van der Waals surface area contributed by atoms with Crippen LogP contribution in [-0.4, -0.2) is 0 Å². The lowest BCUT2D eigenvalue weighted by Gasteiger charge is -2.20. The van der Waals surface area contributed by atoms with Gasteiger partial charge >= 0.3 is 0 Å². The van der Waals surface area contributed by atoms with E-state index in [1.807, 2.05) is 0 Å². The Morgan fingerprint density at radius 1 is 1.31 bits per heavy atom. The van der Waals surface area contributed by atoms with Crippen molar-refractivity contribution in [3.8, 4) is 6.07 Å². The van der Waals surface area contributed by atoms with Crippen molar-refractivity contribution in [2.24, 2.45) is 5.92 Å². The van der Waals surface area contributed by atoms with Crippen LogP contribution in [0.4, 0.5) is 0 Å². The van der Waals surface area contributed by atoms with Gasteiger partial charge in [0.05, 0.1) is 12.0 Å². The molecule has 0 radical (unpaired) electrons. The Morgan fingerprint density at radius 2 is 2.00 bits per heavy atom. The van der Waals surface area contributed by atoms with Gasteiger partial charge in [0.25, 0.3) is 0 Å². The van der Waals surface area contributed by atoms with E-state index >= 15 is 0 Å². The molecule has 0 bridgehead atoms. The molecule has 16 heavy (non-hydrogen) atoms. The maximum atomic E-state index is 8.86. The minimum absolute atomic E-state index is 0.210. The predicted molar refractivity (Wildman–Crippen MR) is 66.3 cm³/mol. The molecular formula is C15H19N. The third-order valence-electron chi connectivity index (χ3n) is 3.49. The molecule has 1 aromatic rings. The monoisotopic (exact) mass is 213 g/mol. The van der Waals surface area contributed by atoms with E-state index in [1.165, 1.54) is 16.7 Å². The van der Waals surface area contributed by atoms with Crippen LogP contribution in [0.15, 0.2) is 18.2 Å². The van der Waals surface area contributed by atoms with E-state index < -0.39 is 0 Å². The van der Waals surface area contributed by atoms with Crippen molar-refractivity contribution in [3.05, 3.63) is 34.9 Å². The van der Waals surface area contributed by atoms with E-state index in [4.69, 9.17) is 5.26 Å². The van der Waals surface area contributed by atoms with Crippen LogP contribution in [0.25, 0.3) is 0 Å². The Bertz CT molecular complexity index is 445. The first-order valence-electron chi connectivity index (χ1n) is 5.94. The molecule has 1 fully saturated rings. The van der Waals surface area contributed by atoms with Gasteiger partial charge in [-0.2, -0.15) is 5.26 Å². The van der Waals surface area contributed by atoms with Gasteiger partial charge in [0, 0.05) is 5.92 Å². The van der Waals surface area contributed by atoms with Crippen molar-refractivity contribution in [2.45, 2.75) is 45.4 Å². The lowest BCUT2D eigenvalue weighted by molar-refractivity contribution is 0.589. The van der Waals surface area contributed by atoms with Gasteiger partial charge in [-0.05, 0) is 35.4 Å². The van der Waals surface area contributed by atoms with Gasteiger partial charge in [0.1, 0.15) is 0 Å². The van der Waals surface area contributed by atoms with Gasteiger partial charge < -0.3 is 0 Å². The standard InChI is InChI=1S/C15H19N/c1-10-7-12(15(2,3)4)5-6-13(10)14-8-11(14)9-16/h5-7,11,14H,8H2,1-4H3. The molecule has 1 saturated carbocycles. The fraction of sp³-hybridized carbons (Fsp3) is 0.533. The number of nitriles is 1. The largest absolute Gasteiger partial charge is 0.198 e. The zero-order chi connectivity index (χ0) is 11.9. The number of hydrogen-bond donors (Lipinski definition) is 0. The first kappa shape index (κ1) is 11.2. The molecule has 1 aliphatic carbocycles. The molecular weight excluding hydrogens is 194 g/mol. The van der Waals surface area contributed by atoms with Crippen molar-refractivity contribution in [1.82, 2.24) is 0 Å². The van der Waals surface area contributed by atoms with Gasteiger partial charge in [-0.1, -0.05) is 39.0 Å². The third kappa shape index (κ3) is 1.97. The summed E-state index contributed by atoms with van der Waals surface area (Å²) in [5.74, 6) is 0.762. The summed E-state index contributed by atoms with van der Waals surface area (Å²) in [6.07, 6.45) is 1.05. The Kier molecular flexibility index (Phi) is 2.54. The van der Waals surface area contributed by atoms with E-state index in [-0.39, 0.29) is 11.3 Å². The fourth-order valence-electron chi connectivity index (χ4n) is 2.24. The second-order valence-electron chi connectivity index (χ2n) is 5.90. The molecule has 0 aromatic heterocycles. The molecule has 2 unspecified atom stereocenters. The minimum Gasteiger partial charge on any atom is -0.198 e. The van der Waals surface area contributed by atoms with Crippen LogP contribution in [-0.2, 0) is 5.41 Å². The first-order chi connectivity index (χ1) is 7.43. The van der Waals surface area contributed by atoms with Crippen molar-refractivity contribution in [2.75, 3.05) is 0 Å². The summed E-state index contributed by atoms with van der Waals surface area (Å²) >= 11 is 0. The number of benzene rings is 1. The second-order valence-corrected chi connectivity index (χ2v) is 5.90. The summed E-state index contributed by atoms with van der Waals surface area (Å²) in [5, 5.41) is 8.86. The number of hydrogen-bond acceptors (Lipinski definition) is 1. The summed E-state index contributed by atoms with van der Waals surface area (Å²) in [6.45, 7) is 8.86. The van der Waals surface area contributed by atoms with Crippen molar-refractivity contribution >= 4 is 0 Å². The van der Waals surface area contributed by atoms with Gasteiger partial charge in [-0.15, -0.1) is 0 Å². The van der Waals surface area contributed by atoms with E-state index in [0.717, 1.165) is 6.42 Å². The summed E-state index contributed by atoms with van der Waals surface area (Å²) in [5.41, 5.74) is 4.30. The average molecular weight is 213 g/mol. The van der Waals surface area contributed by atoms with Gasteiger partial charge in [-0.25, -0.2) is 0 Å². The second kappa shape index (κ2) is 3.63. The van der Waals surface area contributed by atoms with Gasteiger partial charge in [-0.3, -0.25) is 0 Å². The molecule has 0 saturated heterocycles. The van der Waals surface area contributed by atoms with E-state index in [2.05, 4.69) is 52.0 Å². The highest BCUT2D eigenvalue weighted by Gasteiger charge is 2.39. The van der Waals surface area contributed by atoms with Crippen molar-refractivity contribution in [1.29, 1.82) is 5.26 Å². The number of aryl methyl sites for hydroxylation is 1. The molecule has 84 valence electrons. The zero-order valence-corrected chi connectivity index (χ0v) is 10.5. The fourth-order valence-corrected chi connectivity index (χ4v) is 2.24. The topological polar surface area (TPSA) is 23.8 Å². The third-order valence-corrected chi connectivity index (χ3v) is 3.49. The highest BCUT2D eigenvalue weighted by molar-refractivity contribution is 5.40. The average Bonchev–Trinajstić information content (AvgIpc) is 2.95. The molecule has 1 nitrogen and oxygen atoms in total. The Hall–Kier alpha value is -1.29. The lowest BCUT2D eigenvalue weighted by Crippen LogP contribution is -2.11. The van der Waals surface area contributed by atoms with Crippen LogP contribution < -0.4 is 0 Å². The van der Waals surface area contributed by atoms with Gasteiger partial charge in [0.15, 0.2) is 0 Å². The van der Waals surface area contributed by atoms with Crippen LogP contribution in [0.5, 0.6) is 0 Å². The van der Waals surface area contributed by atoms with E-state index in [0.29, 0.717) is 5.92 Å². The molecule has 0 heterocycles. The summed E-state index contributed by atoms with van der Waals surface area (Å²) in [4.78, 5) is 0. The number of nitrogens with zero attached hydrogens (tertiary/aromatic N) is 1. The predicted octanol–water partition coefficient (Wildman–Crippen LogP) is 3.92. The SMILES string of the molecule is Cc1cc(C(C)(C)C)ccc1C1CC1C#N. The molecule has 1 heteroatoms. The Labute approximate surface area is 98.1 Å². The molecule has 0 N–H and O–H groups in total. The maximum absolute atomic E-state index is 8.86. The summed E-state index contributed by atoms with van der Waals surface area (Å²) < 4.78 is 0. The normalized spacial score (nSPS) is 23.9.